The predicted molar refractivity (Wildman–Crippen MR) is 77.9 cm³/mol. The van der Waals surface area contributed by atoms with Crippen LogP contribution >= 0.6 is 0 Å². The molecule has 1 atom stereocenters. The van der Waals surface area contributed by atoms with E-state index >= 15 is 0 Å². The lowest BCUT2D eigenvalue weighted by Crippen LogP contribution is -2.24. The van der Waals surface area contributed by atoms with Crippen molar-refractivity contribution in [3.8, 4) is 5.75 Å². The Balaban J connectivity index is 2.51. The highest BCUT2D eigenvalue weighted by atomic mass is 16.5. The number of nitrogens with one attached hydrogen (secondary N) is 1. The number of hydrogen-bond acceptors (Lipinski definition) is 4. The topological polar surface area (TPSA) is 56.9 Å². The van der Waals surface area contributed by atoms with Crippen molar-refractivity contribution in [2.45, 2.75) is 32.9 Å². The monoisotopic (exact) mass is 277 g/mol. The maximum atomic E-state index is 5.45. The van der Waals surface area contributed by atoms with Crippen molar-refractivity contribution in [3.63, 3.8) is 0 Å². The molecule has 2 aromatic heterocycles. The van der Waals surface area contributed by atoms with Crippen LogP contribution in [0.4, 0.5) is 0 Å². The van der Waals surface area contributed by atoms with Crippen LogP contribution in [0.2, 0.25) is 0 Å². The summed E-state index contributed by atoms with van der Waals surface area (Å²) in [7, 11) is 5.58. The van der Waals surface area contributed by atoms with Crippen LogP contribution in [-0.2, 0) is 20.0 Å². The maximum Gasteiger partial charge on any atom is 0.161 e. The minimum Gasteiger partial charge on any atom is -0.493 e. The zero-order valence-electron chi connectivity index (χ0n) is 12.8. The SMILES string of the molecule is CCc1cc(C(NC)c2c(OC)cnn2CC)n(C)n1. The molecular formula is C14H23N5O. The molecule has 0 aromatic carbocycles. The number of hydrogen-bond donors (Lipinski definition) is 1. The predicted octanol–water partition coefficient (Wildman–Crippen LogP) is 1.52. The Kier molecular flexibility index (Phi) is 4.44. The van der Waals surface area contributed by atoms with Gasteiger partial charge in [0.15, 0.2) is 5.75 Å². The van der Waals surface area contributed by atoms with Crippen LogP contribution < -0.4 is 10.1 Å². The van der Waals surface area contributed by atoms with Gasteiger partial charge in [-0.25, -0.2) is 0 Å². The fraction of sp³-hybridized carbons (Fsp3) is 0.571. The molecule has 1 N–H and O–H groups in total. The quantitative estimate of drug-likeness (QED) is 0.869. The Morgan fingerprint density at radius 1 is 1.40 bits per heavy atom. The van der Waals surface area contributed by atoms with Gasteiger partial charge in [0, 0.05) is 13.6 Å². The van der Waals surface area contributed by atoms with E-state index in [0.717, 1.165) is 35.8 Å². The number of ether oxygens (including phenoxy) is 1. The fourth-order valence-corrected chi connectivity index (χ4v) is 2.49. The Morgan fingerprint density at radius 3 is 2.65 bits per heavy atom. The summed E-state index contributed by atoms with van der Waals surface area (Å²) in [6.45, 7) is 4.98. The van der Waals surface area contributed by atoms with Crippen LogP contribution in [0.1, 0.15) is 37.0 Å². The van der Waals surface area contributed by atoms with Crippen molar-refractivity contribution in [2.24, 2.45) is 7.05 Å². The van der Waals surface area contributed by atoms with Crippen LogP contribution in [0.5, 0.6) is 5.75 Å². The van der Waals surface area contributed by atoms with Gasteiger partial charge in [-0.05, 0) is 26.5 Å². The van der Waals surface area contributed by atoms with Crippen molar-refractivity contribution in [2.75, 3.05) is 14.2 Å². The van der Waals surface area contributed by atoms with Crippen LogP contribution in [-0.4, -0.2) is 33.7 Å². The first-order valence-electron chi connectivity index (χ1n) is 6.95. The van der Waals surface area contributed by atoms with E-state index in [0.29, 0.717) is 0 Å². The summed E-state index contributed by atoms with van der Waals surface area (Å²) >= 11 is 0. The summed E-state index contributed by atoms with van der Waals surface area (Å²) in [5.41, 5.74) is 3.23. The molecule has 6 nitrogen and oxygen atoms in total. The van der Waals surface area contributed by atoms with Gasteiger partial charge in [-0.2, -0.15) is 10.2 Å². The van der Waals surface area contributed by atoms with Crippen molar-refractivity contribution >= 4 is 0 Å². The van der Waals surface area contributed by atoms with Crippen LogP contribution in [0.3, 0.4) is 0 Å². The third kappa shape index (κ3) is 2.43. The van der Waals surface area contributed by atoms with Crippen LogP contribution in [0.25, 0.3) is 0 Å². The third-order valence-corrected chi connectivity index (χ3v) is 3.55. The molecule has 2 aromatic rings. The van der Waals surface area contributed by atoms with Gasteiger partial charge in [-0.1, -0.05) is 6.92 Å². The van der Waals surface area contributed by atoms with Gasteiger partial charge in [-0.15, -0.1) is 0 Å². The van der Waals surface area contributed by atoms with E-state index in [4.69, 9.17) is 4.74 Å². The van der Waals surface area contributed by atoms with E-state index in [9.17, 15) is 0 Å². The minimum absolute atomic E-state index is 0.00481. The summed E-state index contributed by atoms with van der Waals surface area (Å²) in [6.07, 6.45) is 2.69. The second kappa shape index (κ2) is 6.09. The smallest absolute Gasteiger partial charge is 0.161 e. The second-order valence-electron chi connectivity index (χ2n) is 4.67. The first-order valence-corrected chi connectivity index (χ1v) is 6.95. The molecule has 0 aliphatic rings. The normalized spacial score (nSPS) is 12.7. The molecule has 0 fully saturated rings. The lowest BCUT2D eigenvalue weighted by Gasteiger charge is -2.19. The molecule has 1 unspecified atom stereocenters. The van der Waals surface area contributed by atoms with E-state index in [-0.39, 0.29) is 6.04 Å². The van der Waals surface area contributed by atoms with Crippen molar-refractivity contribution in [1.82, 2.24) is 24.9 Å². The summed E-state index contributed by atoms with van der Waals surface area (Å²) < 4.78 is 9.33. The molecule has 0 aliphatic carbocycles. The summed E-state index contributed by atoms with van der Waals surface area (Å²) in [5, 5.41) is 12.3. The molecule has 0 amide bonds. The van der Waals surface area contributed by atoms with Gasteiger partial charge in [0.1, 0.15) is 5.69 Å². The first-order chi connectivity index (χ1) is 9.65. The Hall–Kier alpha value is -1.82. The Morgan fingerprint density at radius 2 is 2.15 bits per heavy atom. The average molecular weight is 277 g/mol. The van der Waals surface area contributed by atoms with E-state index in [1.165, 1.54) is 0 Å². The molecular weight excluding hydrogens is 254 g/mol. The van der Waals surface area contributed by atoms with E-state index in [1.807, 2.05) is 23.5 Å². The minimum atomic E-state index is 0.00481. The lowest BCUT2D eigenvalue weighted by molar-refractivity contribution is 0.399. The standard InChI is InChI=1S/C14H23N5O/c1-6-10-8-11(18(4)17-10)13(15-3)14-12(20-5)9-16-19(14)7-2/h8-9,13,15H,6-7H2,1-5H3. The molecule has 0 spiro atoms. The van der Waals surface area contributed by atoms with Gasteiger partial charge < -0.3 is 10.1 Å². The first kappa shape index (κ1) is 14.6. The van der Waals surface area contributed by atoms with Gasteiger partial charge in [0.2, 0.25) is 0 Å². The highest BCUT2D eigenvalue weighted by Crippen LogP contribution is 2.30. The molecule has 0 aliphatic heterocycles. The molecule has 2 heterocycles. The number of methoxy groups -OCH3 is 1. The largest absolute Gasteiger partial charge is 0.493 e. The molecule has 0 saturated heterocycles. The van der Waals surface area contributed by atoms with Crippen LogP contribution in [0.15, 0.2) is 12.3 Å². The van der Waals surface area contributed by atoms with Crippen LogP contribution in [0, 0.1) is 0 Å². The van der Waals surface area contributed by atoms with Crippen molar-refractivity contribution in [1.29, 1.82) is 0 Å². The molecule has 0 saturated carbocycles. The fourth-order valence-electron chi connectivity index (χ4n) is 2.49. The van der Waals surface area contributed by atoms with Gasteiger partial charge >= 0.3 is 0 Å². The summed E-state index contributed by atoms with van der Waals surface area (Å²) in [5.74, 6) is 0.797. The lowest BCUT2D eigenvalue weighted by atomic mass is 10.1. The molecule has 0 bridgehead atoms. The summed E-state index contributed by atoms with van der Waals surface area (Å²) in [6, 6.07) is 2.14. The van der Waals surface area contributed by atoms with E-state index < -0.39 is 0 Å². The third-order valence-electron chi connectivity index (χ3n) is 3.55. The number of aromatic nitrogens is 4. The molecule has 20 heavy (non-hydrogen) atoms. The zero-order chi connectivity index (χ0) is 14.7. The number of nitrogens with zero attached hydrogens (tertiary/aromatic N) is 4. The zero-order valence-corrected chi connectivity index (χ0v) is 12.8. The summed E-state index contributed by atoms with van der Waals surface area (Å²) in [4.78, 5) is 0. The molecule has 0 radical (unpaired) electrons. The number of aryl methyl sites for hydroxylation is 3. The molecule has 6 heteroatoms. The van der Waals surface area contributed by atoms with Gasteiger partial charge in [0.05, 0.1) is 30.7 Å². The van der Waals surface area contributed by atoms with Crippen molar-refractivity contribution in [3.05, 3.63) is 29.3 Å². The second-order valence-corrected chi connectivity index (χ2v) is 4.67. The number of rotatable bonds is 6. The maximum absolute atomic E-state index is 5.45. The average Bonchev–Trinajstić information content (AvgIpc) is 3.04. The van der Waals surface area contributed by atoms with Crippen molar-refractivity contribution < 1.29 is 4.74 Å². The highest BCUT2D eigenvalue weighted by Gasteiger charge is 2.24. The van der Waals surface area contributed by atoms with Gasteiger partial charge in [-0.3, -0.25) is 9.36 Å². The molecule has 110 valence electrons. The highest BCUT2D eigenvalue weighted by molar-refractivity contribution is 5.34. The van der Waals surface area contributed by atoms with E-state index in [1.54, 1.807) is 13.3 Å². The Labute approximate surface area is 119 Å². The molecule has 2 rings (SSSR count). The Bertz CT molecular complexity index is 551. The van der Waals surface area contributed by atoms with Gasteiger partial charge in [0.25, 0.3) is 0 Å². The van der Waals surface area contributed by atoms with E-state index in [2.05, 4.69) is 35.4 Å².